The highest BCUT2D eigenvalue weighted by Crippen LogP contribution is 2.25. The van der Waals surface area contributed by atoms with Crippen LogP contribution >= 0.6 is 11.8 Å². The molecule has 0 radical (unpaired) electrons. The first-order valence-electron chi connectivity index (χ1n) is 6.79. The van der Waals surface area contributed by atoms with Crippen LogP contribution in [-0.4, -0.2) is 16.8 Å². The Morgan fingerprint density at radius 2 is 1.89 bits per heavy atom. The second-order valence-corrected chi connectivity index (χ2v) is 6.98. The van der Waals surface area contributed by atoms with E-state index in [1.807, 2.05) is 24.8 Å². The van der Waals surface area contributed by atoms with Crippen LogP contribution in [0, 0.1) is 11.3 Å². The molecule has 2 atom stereocenters. The molecular weight excluding hydrogens is 252 g/mol. The van der Waals surface area contributed by atoms with E-state index in [1.165, 1.54) is 5.56 Å². The maximum Gasteiger partial charge on any atom is 0.105 e. The number of nitrogens with one attached hydrogen (secondary N) is 1. The summed E-state index contributed by atoms with van der Waals surface area (Å²) in [6.45, 7) is 8.35. The molecule has 0 spiro atoms. The average molecular weight is 276 g/mol. The number of hydrogen-bond acceptors (Lipinski definition) is 3. The molecule has 0 saturated heterocycles. The molecule has 0 heterocycles. The van der Waals surface area contributed by atoms with Crippen LogP contribution in [0.25, 0.3) is 0 Å². The third kappa shape index (κ3) is 6.13. The van der Waals surface area contributed by atoms with E-state index in [-0.39, 0.29) is 0 Å². The van der Waals surface area contributed by atoms with Gasteiger partial charge in [-0.1, -0.05) is 37.3 Å². The topological polar surface area (TPSA) is 35.8 Å². The zero-order valence-electron chi connectivity index (χ0n) is 12.3. The fourth-order valence-corrected chi connectivity index (χ4v) is 3.34. The van der Waals surface area contributed by atoms with Crippen molar-refractivity contribution in [2.45, 2.75) is 56.7 Å². The van der Waals surface area contributed by atoms with Crippen LogP contribution in [0.4, 0.5) is 0 Å². The van der Waals surface area contributed by atoms with Crippen molar-refractivity contribution in [2.24, 2.45) is 0 Å². The molecule has 1 N–H and O–H groups in total. The number of hydrogen-bond donors (Lipinski definition) is 1. The maximum atomic E-state index is 9.35. The molecule has 2 nitrogen and oxygen atoms in total. The lowest BCUT2D eigenvalue weighted by Gasteiger charge is -2.28. The van der Waals surface area contributed by atoms with Gasteiger partial charge in [-0.3, -0.25) is 5.32 Å². The van der Waals surface area contributed by atoms with Gasteiger partial charge in [-0.25, -0.2) is 0 Å². The van der Waals surface area contributed by atoms with Gasteiger partial charge in [-0.05, 0) is 32.8 Å². The van der Waals surface area contributed by atoms with Gasteiger partial charge in [0.15, 0.2) is 0 Å². The largest absolute Gasteiger partial charge is 0.297 e. The molecular formula is C16H24N2S. The minimum Gasteiger partial charge on any atom is -0.297 e. The minimum absolute atomic E-state index is 0.330. The van der Waals surface area contributed by atoms with Gasteiger partial charge in [0.05, 0.1) is 6.07 Å². The highest BCUT2D eigenvalue weighted by molar-refractivity contribution is 7.99. The van der Waals surface area contributed by atoms with E-state index >= 15 is 0 Å². The van der Waals surface area contributed by atoms with Crippen molar-refractivity contribution in [3.8, 4) is 6.07 Å². The number of rotatable bonds is 7. The van der Waals surface area contributed by atoms with Gasteiger partial charge in [-0.2, -0.15) is 17.0 Å². The SMILES string of the molecule is CC(C)NC(C)(C#N)CC(C)SCc1ccccc1. The summed E-state index contributed by atoms with van der Waals surface area (Å²) in [7, 11) is 0. The Balaban J connectivity index is 2.46. The van der Waals surface area contributed by atoms with E-state index in [4.69, 9.17) is 0 Å². The molecule has 0 bridgehead atoms. The van der Waals surface area contributed by atoms with Crippen LogP contribution in [0.1, 0.15) is 39.7 Å². The molecule has 0 aliphatic heterocycles. The summed E-state index contributed by atoms with van der Waals surface area (Å²) in [5.41, 5.74) is 0.909. The summed E-state index contributed by atoms with van der Waals surface area (Å²) in [4.78, 5) is 0. The Morgan fingerprint density at radius 3 is 2.42 bits per heavy atom. The Morgan fingerprint density at radius 1 is 1.26 bits per heavy atom. The van der Waals surface area contributed by atoms with Gasteiger partial charge in [0.1, 0.15) is 5.54 Å². The molecule has 1 aromatic rings. The monoisotopic (exact) mass is 276 g/mol. The summed E-state index contributed by atoms with van der Waals surface area (Å²) < 4.78 is 0. The van der Waals surface area contributed by atoms with E-state index in [0.717, 1.165) is 12.2 Å². The number of thioether (sulfide) groups is 1. The minimum atomic E-state index is -0.433. The smallest absolute Gasteiger partial charge is 0.105 e. The molecule has 0 fully saturated rings. The number of benzene rings is 1. The molecule has 19 heavy (non-hydrogen) atoms. The van der Waals surface area contributed by atoms with Gasteiger partial charge in [0, 0.05) is 17.0 Å². The average Bonchev–Trinajstić information content (AvgIpc) is 2.36. The number of nitrogens with zero attached hydrogens (tertiary/aromatic N) is 1. The highest BCUT2D eigenvalue weighted by atomic mass is 32.2. The lowest BCUT2D eigenvalue weighted by Crippen LogP contribution is -2.46. The number of nitriles is 1. The van der Waals surface area contributed by atoms with Gasteiger partial charge in [0.2, 0.25) is 0 Å². The first-order chi connectivity index (χ1) is 8.95. The zero-order chi connectivity index (χ0) is 14.3. The van der Waals surface area contributed by atoms with Crippen LogP contribution < -0.4 is 5.32 Å². The van der Waals surface area contributed by atoms with E-state index in [9.17, 15) is 5.26 Å². The summed E-state index contributed by atoms with van der Waals surface area (Å²) >= 11 is 1.91. The van der Waals surface area contributed by atoms with Crippen LogP contribution in [0.5, 0.6) is 0 Å². The molecule has 0 aliphatic carbocycles. The Hall–Kier alpha value is -0.980. The first-order valence-corrected chi connectivity index (χ1v) is 7.84. The Labute approximate surface area is 121 Å². The predicted octanol–water partition coefficient (Wildman–Crippen LogP) is 3.98. The Bertz CT molecular complexity index is 411. The van der Waals surface area contributed by atoms with Crippen LogP contribution in [-0.2, 0) is 5.75 Å². The summed E-state index contributed by atoms with van der Waals surface area (Å²) in [6.07, 6.45) is 0.860. The van der Waals surface area contributed by atoms with Crippen molar-refractivity contribution in [1.29, 1.82) is 5.26 Å². The highest BCUT2D eigenvalue weighted by Gasteiger charge is 2.26. The van der Waals surface area contributed by atoms with Gasteiger partial charge in [0.25, 0.3) is 0 Å². The van der Waals surface area contributed by atoms with Crippen molar-refractivity contribution in [3.05, 3.63) is 35.9 Å². The molecule has 2 unspecified atom stereocenters. The van der Waals surface area contributed by atoms with Crippen molar-refractivity contribution in [3.63, 3.8) is 0 Å². The molecule has 0 saturated carbocycles. The summed E-state index contributed by atoms with van der Waals surface area (Å²) in [5, 5.41) is 13.2. The fraction of sp³-hybridized carbons (Fsp3) is 0.562. The van der Waals surface area contributed by atoms with Crippen LogP contribution in [0.3, 0.4) is 0 Å². The lowest BCUT2D eigenvalue weighted by molar-refractivity contribution is 0.382. The Kier molecular flexibility index (Phi) is 6.41. The van der Waals surface area contributed by atoms with Crippen molar-refractivity contribution >= 4 is 11.8 Å². The third-order valence-electron chi connectivity index (χ3n) is 2.93. The van der Waals surface area contributed by atoms with E-state index in [0.29, 0.717) is 11.3 Å². The second-order valence-electron chi connectivity index (χ2n) is 5.55. The van der Waals surface area contributed by atoms with Crippen molar-refractivity contribution in [2.75, 3.05) is 0 Å². The van der Waals surface area contributed by atoms with Crippen LogP contribution in [0.15, 0.2) is 30.3 Å². The molecule has 1 rings (SSSR count). The zero-order valence-corrected chi connectivity index (χ0v) is 13.1. The molecule has 104 valence electrons. The maximum absolute atomic E-state index is 9.35. The molecule has 1 aromatic carbocycles. The van der Waals surface area contributed by atoms with Crippen molar-refractivity contribution in [1.82, 2.24) is 5.32 Å². The second kappa shape index (κ2) is 7.57. The van der Waals surface area contributed by atoms with E-state index in [2.05, 4.69) is 56.4 Å². The van der Waals surface area contributed by atoms with E-state index < -0.39 is 5.54 Å². The third-order valence-corrected chi connectivity index (χ3v) is 4.16. The fourth-order valence-electron chi connectivity index (χ4n) is 2.22. The standard InChI is InChI=1S/C16H24N2S/c1-13(2)18-16(4,12-17)10-14(3)19-11-15-8-6-5-7-9-15/h5-9,13-14,18H,10-11H2,1-4H3. The van der Waals surface area contributed by atoms with Gasteiger partial charge >= 0.3 is 0 Å². The predicted molar refractivity (Wildman–Crippen MR) is 84.1 cm³/mol. The lowest BCUT2D eigenvalue weighted by atomic mass is 9.97. The van der Waals surface area contributed by atoms with Crippen LogP contribution in [0.2, 0.25) is 0 Å². The van der Waals surface area contributed by atoms with Gasteiger partial charge < -0.3 is 0 Å². The van der Waals surface area contributed by atoms with Gasteiger partial charge in [-0.15, -0.1) is 0 Å². The normalized spacial score (nSPS) is 15.8. The first kappa shape index (κ1) is 16.1. The van der Waals surface area contributed by atoms with E-state index in [1.54, 1.807) is 0 Å². The molecule has 0 aliphatic rings. The molecule has 0 amide bonds. The summed E-state index contributed by atoms with van der Waals surface area (Å²) in [5.74, 6) is 1.01. The molecule has 3 heteroatoms. The van der Waals surface area contributed by atoms with Crippen molar-refractivity contribution < 1.29 is 0 Å². The summed E-state index contributed by atoms with van der Waals surface area (Å²) in [6, 6.07) is 13.2. The molecule has 0 aromatic heterocycles. The quantitative estimate of drug-likeness (QED) is 0.818.